The molecule has 0 radical (unpaired) electrons. The molecule has 1 aromatic heterocycles. The van der Waals surface area contributed by atoms with Crippen molar-refractivity contribution >= 4 is 20.9 Å². The summed E-state index contributed by atoms with van der Waals surface area (Å²) in [6.07, 6.45) is -3.45. The van der Waals surface area contributed by atoms with Gasteiger partial charge in [0.1, 0.15) is 4.90 Å². The fourth-order valence-electron chi connectivity index (χ4n) is 3.16. The third-order valence-electron chi connectivity index (χ3n) is 4.66. The van der Waals surface area contributed by atoms with Gasteiger partial charge in [-0.05, 0) is 35.9 Å². The molecule has 0 amide bonds. The molecule has 1 saturated heterocycles. The van der Waals surface area contributed by atoms with E-state index in [2.05, 4.69) is 5.32 Å². The smallest absolute Gasteiger partial charge is 0.315 e. The van der Waals surface area contributed by atoms with Crippen molar-refractivity contribution in [2.45, 2.75) is 17.0 Å². The fourth-order valence-corrected chi connectivity index (χ4v) is 4.73. The van der Waals surface area contributed by atoms with Crippen LogP contribution in [0, 0.1) is 0 Å². The van der Waals surface area contributed by atoms with Crippen molar-refractivity contribution in [2.24, 2.45) is 0 Å². The number of fused-ring (bicyclic) bond motifs is 1. The molecule has 1 fully saturated rings. The van der Waals surface area contributed by atoms with Crippen molar-refractivity contribution < 1.29 is 21.6 Å². The summed E-state index contributed by atoms with van der Waals surface area (Å²) in [5.74, 6) is 0.380. The van der Waals surface area contributed by atoms with Crippen LogP contribution in [-0.2, 0) is 16.2 Å². The number of aromatic nitrogens is 1. The van der Waals surface area contributed by atoms with Gasteiger partial charge in [0, 0.05) is 30.6 Å². The number of benzene rings is 2. The molecule has 8 heteroatoms. The second-order valence-corrected chi connectivity index (χ2v) is 8.07. The Labute approximate surface area is 148 Å². The van der Waals surface area contributed by atoms with Gasteiger partial charge < -0.3 is 5.32 Å². The third-order valence-corrected chi connectivity index (χ3v) is 6.41. The van der Waals surface area contributed by atoms with E-state index in [-0.39, 0.29) is 0 Å². The normalized spacial score (nSPS) is 16.0. The Morgan fingerprint density at radius 1 is 1.04 bits per heavy atom. The predicted octanol–water partition coefficient (Wildman–Crippen LogP) is 3.58. The average Bonchev–Trinajstić information content (AvgIpc) is 2.96. The maximum atomic E-state index is 13.2. The topological polar surface area (TPSA) is 51.1 Å². The van der Waals surface area contributed by atoms with Gasteiger partial charge in [-0.25, -0.2) is 12.4 Å². The highest BCUT2D eigenvalue weighted by molar-refractivity contribution is 7.90. The molecule has 0 spiro atoms. The van der Waals surface area contributed by atoms with E-state index in [1.807, 2.05) is 12.1 Å². The van der Waals surface area contributed by atoms with Gasteiger partial charge in [-0.15, -0.1) is 0 Å². The minimum absolute atomic E-state index is 0.359. The highest BCUT2D eigenvalue weighted by Crippen LogP contribution is 2.36. The zero-order valence-corrected chi connectivity index (χ0v) is 14.3. The molecule has 1 N–H and O–H groups in total. The summed E-state index contributed by atoms with van der Waals surface area (Å²) in [7, 11) is -4.38. The number of alkyl halides is 3. The lowest BCUT2D eigenvalue weighted by Crippen LogP contribution is -2.39. The quantitative estimate of drug-likeness (QED) is 0.756. The van der Waals surface area contributed by atoms with E-state index in [4.69, 9.17) is 0 Å². The number of nitrogens with zero attached hydrogens (tertiary/aromatic N) is 1. The Balaban J connectivity index is 1.85. The first-order valence-corrected chi connectivity index (χ1v) is 9.46. The Morgan fingerprint density at radius 2 is 1.77 bits per heavy atom. The van der Waals surface area contributed by atoms with Crippen LogP contribution in [0.2, 0.25) is 0 Å². The lowest BCUT2D eigenvalue weighted by atomic mass is 9.93. The first kappa shape index (κ1) is 17.1. The van der Waals surface area contributed by atoms with Gasteiger partial charge in [-0.1, -0.05) is 18.2 Å². The largest absolute Gasteiger partial charge is 0.417 e. The summed E-state index contributed by atoms with van der Waals surface area (Å²) in [4.78, 5) is -0.753. The molecule has 0 bridgehead atoms. The zero-order valence-electron chi connectivity index (χ0n) is 13.5. The SMILES string of the molecule is O=S(=O)(c1ccccc1C(F)(F)F)n1ccc2cc(C3CNC3)ccc21. The van der Waals surface area contributed by atoms with Crippen LogP contribution in [0.25, 0.3) is 10.9 Å². The Morgan fingerprint density at radius 3 is 2.42 bits per heavy atom. The summed E-state index contributed by atoms with van der Waals surface area (Å²) in [6, 6.07) is 11.2. The molecule has 1 aliphatic heterocycles. The van der Waals surface area contributed by atoms with Crippen molar-refractivity contribution in [3.63, 3.8) is 0 Å². The molecule has 2 aromatic carbocycles. The molecule has 136 valence electrons. The summed E-state index contributed by atoms with van der Waals surface area (Å²) in [6.45, 7) is 1.73. The van der Waals surface area contributed by atoms with Gasteiger partial charge >= 0.3 is 6.18 Å². The lowest BCUT2D eigenvalue weighted by Gasteiger charge is -2.27. The second kappa shape index (κ2) is 5.85. The Kier molecular flexibility index (Phi) is 3.85. The van der Waals surface area contributed by atoms with Crippen molar-refractivity contribution in [1.29, 1.82) is 0 Å². The Bertz CT molecular complexity index is 1080. The molecule has 0 unspecified atom stereocenters. The van der Waals surface area contributed by atoms with Gasteiger partial charge in [-0.2, -0.15) is 13.2 Å². The molecule has 3 aromatic rings. The van der Waals surface area contributed by atoms with Gasteiger partial charge in [0.15, 0.2) is 0 Å². The maximum Gasteiger partial charge on any atom is 0.417 e. The average molecular weight is 380 g/mol. The van der Waals surface area contributed by atoms with Gasteiger partial charge in [0.05, 0.1) is 11.1 Å². The first-order chi connectivity index (χ1) is 12.3. The van der Waals surface area contributed by atoms with Crippen molar-refractivity contribution in [2.75, 3.05) is 13.1 Å². The number of rotatable bonds is 3. The summed E-state index contributed by atoms with van der Waals surface area (Å²) >= 11 is 0. The third kappa shape index (κ3) is 2.69. The predicted molar refractivity (Wildman–Crippen MR) is 91.6 cm³/mol. The molecule has 0 saturated carbocycles. The van der Waals surface area contributed by atoms with E-state index in [1.165, 1.54) is 18.3 Å². The molecule has 1 aliphatic rings. The van der Waals surface area contributed by atoms with Crippen molar-refractivity contribution in [3.8, 4) is 0 Å². The standard InChI is InChI=1S/C18H15F3N2O2S/c19-18(20,21)15-3-1-2-4-17(15)26(24,25)23-8-7-13-9-12(5-6-16(13)23)14-10-22-11-14/h1-9,14,22H,10-11H2. The number of hydrogen-bond acceptors (Lipinski definition) is 3. The van der Waals surface area contributed by atoms with Crippen LogP contribution in [-0.4, -0.2) is 25.5 Å². The van der Waals surface area contributed by atoms with E-state index in [0.717, 1.165) is 34.8 Å². The number of halogens is 3. The molecule has 0 aliphatic carbocycles. The minimum Gasteiger partial charge on any atom is -0.315 e. The fraction of sp³-hybridized carbons (Fsp3) is 0.222. The molecule has 0 atom stereocenters. The number of hydrogen-bond donors (Lipinski definition) is 1. The molecule has 2 heterocycles. The van der Waals surface area contributed by atoms with Crippen LogP contribution < -0.4 is 5.32 Å². The lowest BCUT2D eigenvalue weighted by molar-refractivity contribution is -0.139. The highest BCUT2D eigenvalue weighted by atomic mass is 32.2. The highest BCUT2D eigenvalue weighted by Gasteiger charge is 2.37. The van der Waals surface area contributed by atoms with Crippen LogP contribution in [0.4, 0.5) is 13.2 Å². The van der Waals surface area contributed by atoms with Gasteiger partial charge in [0.25, 0.3) is 10.0 Å². The van der Waals surface area contributed by atoms with E-state index in [1.54, 1.807) is 12.1 Å². The molecule has 26 heavy (non-hydrogen) atoms. The zero-order chi connectivity index (χ0) is 18.5. The molecule has 4 rings (SSSR count). The van der Waals surface area contributed by atoms with Gasteiger partial charge in [-0.3, -0.25) is 0 Å². The Hall–Kier alpha value is -2.32. The van der Waals surface area contributed by atoms with E-state index < -0.39 is 26.7 Å². The van der Waals surface area contributed by atoms with Crippen LogP contribution in [0.15, 0.2) is 59.6 Å². The molecule has 4 nitrogen and oxygen atoms in total. The second-order valence-electron chi connectivity index (χ2n) is 6.28. The summed E-state index contributed by atoms with van der Waals surface area (Å²) in [5.41, 5.74) is 0.277. The summed E-state index contributed by atoms with van der Waals surface area (Å²) < 4.78 is 66.5. The summed E-state index contributed by atoms with van der Waals surface area (Å²) in [5, 5.41) is 3.85. The number of nitrogens with one attached hydrogen (secondary N) is 1. The molecular formula is C18H15F3N2O2S. The van der Waals surface area contributed by atoms with E-state index in [9.17, 15) is 21.6 Å². The van der Waals surface area contributed by atoms with Gasteiger partial charge in [0.2, 0.25) is 0 Å². The van der Waals surface area contributed by atoms with E-state index in [0.29, 0.717) is 16.8 Å². The van der Waals surface area contributed by atoms with Crippen LogP contribution in [0.3, 0.4) is 0 Å². The van der Waals surface area contributed by atoms with Crippen molar-refractivity contribution in [3.05, 3.63) is 65.9 Å². The first-order valence-electron chi connectivity index (χ1n) is 8.02. The van der Waals surface area contributed by atoms with Crippen LogP contribution >= 0.6 is 0 Å². The molecular weight excluding hydrogens is 365 g/mol. The van der Waals surface area contributed by atoms with Crippen LogP contribution in [0.5, 0.6) is 0 Å². The maximum absolute atomic E-state index is 13.2. The monoisotopic (exact) mass is 380 g/mol. The van der Waals surface area contributed by atoms with Crippen molar-refractivity contribution in [1.82, 2.24) is 9.29 Å². The minimum atomic E-state index is -4.75. The van der Waals surface area contributed by atoms with E-state index >= 15 is 0 Å². The van der Waals surface area contributed by atoms with Crippen LogP contribution in [0.1, 0.15) is 17.0 Å².